The molecule has 0 saturated heterocycles. The van der Waals surface area contributed by atoms with Crippen LogP contribution in [-0.4, -0.2) is 20.4 Å². The lowest BCUT2D eigenvalue weighted by molar-refractivity contribution is -0.118. The molecule has 0 aliphatic rings. The highest BCUT2D eigenvalue weighted by atomic mass is 32.2. The van der Waals surface area contributed by atoms with Crippen LogP contribution in [-0.2, 0) is 21.4 Å². The molecule has 0 radical (unpaired) electrons. The second-order valence-corrected chi connectivity index (χ2v) is 6.18. The van der Waals surface area contributed by atoms with Gasteiger partial charge < -0.3 is 11.5 Å². The maximum atomic E-state index is 12.2. The summed E-state index contributed by atoms with van der Waals surface area (Å²) in [4.78, 5) is 10.9. The topological polar surface area (TPSA) is 115 Å². The number of hydrogen-bond acceptors (Lipinski definition) is 4. The van der Waals surface area contributed by atoms with Crippen LogP contribution in [0.25, 0.3) is 0 Å². The SMILES string of the molecule is Cc1cc(CN)ccc1S(=O)(=O)NC(C)CC(N)=O. The van der Waals surface area contributed by atoms with Gasteiger partial charge in [-0.05, 0) is 31.0 Å². The predicted octanol–water partition coefficient (Wildman–Crippen LogP) is -0.00408. The van der Waals surface area contributed by atoms with Gasteiger partial charge in [-0.25, -0.2) is 13.1 Å². The molecule has 0 aliphatic heterocycles. The molecule has 0 aromatic heterocycles. The Balaban J connectivity index is 2.97. The molecule has 0 spiro atoms. The number of sulfonamides is 1. The molecule has 0 fully saturated rings. The van der Waals surface area contributed by atoms with Gasteiger partial charge in [0.25, 0.3) is 0 Å². The molecule has 1 aromatic rings. The number of hydrogen-bond donors (Lipinski definition) is 3. The number of primary amides is 1. The molecule has 0 saturated carbocycles. The molecule has 19 heavy (non-hydrogen) atoms. The van der Waals surface area contributed by atoms with Gasteiger partial charge in [-0.1, -0.05) is 12.1 Å². The molecule has 0 heterocycles. The van der Waals surface area contributed by atoms with E-state index in [1.165, 1.54) is 6.07 Å². The first-order valence-electron chi connectivity index (χ1n) is 5.86. The Labute approximate surface area is 113 Å². The minimum atomic E-state index is -3.66. The minimum absolute atomic E-state index is 0.0425. The van der Waals surface area contributed by atoms with Gasteiger partial charge in [-0.2, -0.15) is 0 Å². The van der Waals surface area contributed by atoms with Crippen molar-refractivity contribution in [1.82, 2.24) is 4.72 Å². The van der Waals surface area contributed by atoms with E-state index in [4.69, 9.17) is 11.5 Å². The van der Waals surface area contributed by atoms with Crippen molar-refractivity contribution in [3.63, 3.8) is 0 Å². The highest BCUT2D eigenvalue weighted by Gasteiger charge is 2.20. The first-order valence-corrected chi connectivity index (χ1v) is 7.35. The van der Waals surface area contributed by atoms with Gasteiger partial charge in [-0.3, -0.25) is 4.79 Å². The van der Waals surface area contributed by atoms with Gasteiger partial charge >= 0.3 is 0 Å². The van der Waals surface area contributed by atoms with Crippen LogP contribution in [0.1, 0.15) is 24.5 Å². The molecular weight excluding hydrogens is 266 g/mol. The van der Waals surface area contributed by atoms with E-state index in [1.54, 1.807) is 26.0 Å². The van der Waals surface area contributed by atoms with Gasteiger partial charge in [0, 0.05) is 19.0 Å². The quantitative estimate of drug-likeness (QED) is 0.682. The van der Waals surface area contributed by atoms with Crippen molar-refractivity contribution in [3.8, 4) is 0 Å². The molecule has 0 aliphatic carbocycles. The Hall–Kier alpha value is -1.44. The largest absolute Gasteiger partial charge is 0.370 e. The Morgan fingerprint density at radius 2 is 2.05 bits per heavy atom. The van der Waals surface area contributed by atoms with Crippen LogP contribution in [0, 0.1) is 6.92 Å². The molecule has 7 heteroatoms. The third-order valence-electron chi connectivity index (χ3n) is 2.63. The molecule has 1 atom stereocenters. The monoisotopic (exact) mass is 285 g/mol. The van der Waals surface area contributed by atoms with Gasteiger partial charge in [0.15, 0.2) is 0 Å². The summed E-state index contributed by atoms with van der Waals surface area (Å²) in [6.07, 6.45) is -0.0425. The first-order chi connectivity index (χ1) is 8.76. The van der Waals surface area contributed by atoms with E-state index in [1.807, 2.05) is 0 Å². The van der Waals surface area contributed by atoms with Crippen LogP contribution in [0.2, 0.25) is 0 Å². The summed E-state index contributed by atoms with van der Waals surface area (Å²) in [7, 11) is -3.66. The summed E-state index contributed by atoms with van der Waals surface area (Å²) in [5.41, 5.74) is 12.0. The molecule has 1 aromatic carbocycles. The summed E-state index contributed by atoms with van der Waals surface area (Å²) in [5.74, 6) is -0.551. The average molecular weight is 285 g/mol. The van der Waals surface area contributed by atoms with E-state index < -0.39 is 22.0 Å². The number of rotatable bonds is 6. The van der Waals surface area contributed by atoms with Crippen molar-refractivity contribution in [3.05, 3.63) is 29.3 Å². The van der Waals surface area contributed by atoms with Crippen molar-refractivity contribution in [2.24, 2.45) is 11.5 Å². The van der Waals surface area contributed by atoms with E-state index in [0.717, 1.165) is 5.56 Å². The van der Waals surface area contributed by atoms with Crippen LogP contribution in [0.4, 0.5) is 0 Å². The summed E-state index contributed by atoms with van der Waals surface area (Å²) < 4.78 is 26.7. The van der Waals surface area contributed by atoms with Crippen LogP contribution < -0.4 is 16.2 Å². The van der Waals surface area contributed by atoms with Crippen molar-refractivity contribution >= 4 is 15.9 Å². The Kier molecular flexibility index (Phi) is 5.04. The molecule has 1 amide bonds. The number of nitrogens with one attached hydrogen (secondary N) is 1. The highest BCUT2D eigenvalue weighted by molar-refractivity contribution is 7.89. The zero-order valence-corrected chi connectivity index (χ0v) is 11.8. The second-order valence-electron chi connectivity index (χ2n) is 4.50. The summed E-state index contributed by atoms with van der Waals surface area (Å²) >= 11 is 0. The lowest BCUT2D eigenvalue weighted by Gasteiger charge is -2.14. The number of carbonyl (C=O) groups excluding carboxylic acids is 1. The third kappa shape index (κ3) is 4.30. The molecule has 1 rings (SSSR count). The van der Waals surface area contributed by atoms with Gasteiger partial charge in [0.05, 0.1) is 4.90 Å². The normalized spacial score (nSPS) is 13.2. The van der Waals surface area contributed by atoms with E-state index in [2.05, 4.69) is 4.72 Å². The van der Waals surface area contributed by atoms with Crippen LogP contribution in [0.15, 0.2) is 23.1 Å². The van der Waals surface area contributed by atoms with Crippen LogP contribution in [0.3, 0.4) is 0 Å². The first kappa shape index (κ1) is 15.6. The van der Waals surface area contributed by atoms with Crippen molar-refractivity contribution < 1.29 is 13.2 Å². The lowest BCUT2D eigenvalue weighted by Crippen LogP contribution is -2.36. The van der Waals surface area contributed by atoms with Crippen LogP contribution in [0.5, 0.6) is 0 Å². The van der Waals surface area contributed by atoms with Gasteiger partial charge in [-0.15, -0.1) is 0 Å². The fourth-order valence-electron chi connectivity index (χ4n) is 1.81. The number of aryl methyl sites for hydroxylation is 1. The third-order valence-corrected chi connectivity index (χ3v) is 4.38. The summed E-state index contributed by atoms with van der Waals surface area (Å²) in [5, 5.41) is 0. The maximum absolute atomic E-state index is 12.2. The van der Waals surface area contributed by atoms with Crippen LogP contribution >= 0.6 is 0 Å². The smallest absolute Gasteiger partial charge is 0.241 e. The zero-order chi connectivity index (χ0) is 14.6. The average Bonchev–Trinajstić information content (AvgIpc) is 2.26. The number of amides is 1. The molecule has 5 N–H and O–H groups in total. The number of benzene rings is 1. The highest BCUT2D eigenvalue weighted by Crippen LogP contribution is 2.17. The predicted molar refractivity (Wildman–Crippen MR) is 72.7 cm³/mol. The Bertz CT molecular complexity index is 570. The molecule has 0 bridgehead atoms. The van der Waals surface area contributed by atoms with E-state index in [0.29, 0.717) is 12.1 Å². The molecular formula is C12H19N3O3S. The molecule has 106 valence electrons. The standard InChI is InChI=1S/C12H19N3O3S/c1-8-5-10(7-13)3-4-11(8)19(17,18)15-9(2)6-12(14)16/h3-5,9,15H,6-7,13H2,1-2H3,(H2,14,16). The van der Waals surface area contributed by atoms with E-state index in [9.17, 15) is 13.2 Å². The maximum Gasteiger partial charge on any atom is 0.241 e. The molecule has 1 unspecified atom stereocenters. The molecule has 6 nitrogen and oxygen atoms in total. The van der Waals surface area contributed by atoms with E-state index in [-0.39, 0.29) is 11.3 Å². The summed E-state index contributed by atoms with van der Waals surface area (Å²) in [6.45, 7) is 3.64. The van der Waals surface area contributed by atoms with Crippen molar-refractivity contribution in [2.75, 3.05) is 0 Å². The second kappa shape index (κ2) is 6.14. The minimum Gasteiger partial charge on any atom is -0.370 e. The van der Waals surface area contributed by atoms with Crippen molar-refractivity contribution in [1.29, 1.82) is 0 Å². The fraction of sp³-hybridized carbons (Fsp3) is 0.417. The zero-order valence-electron chi connectivity index (χ0n) is 11.0. The fourth-order valence-corrected chi connectivity index (χ4v) is 3.28. The lowest BCUT2D eigenvalue weighted by atomic mass is 10.1. The Morgan fingerprint density at radius 1 is 1.42 bits per heavy atom. The number of nitrogens with two attached hydrogens (primary N) is 2. The Morgan fingerprint density at radius 3 is 2.53 bits per heavy atom. The van der Waals surface area contributed by atoms with Crippen molar-refractivity contribution in [2.45, 2.75) is 37.8 Å². The van der Waals surface area contributed by atoms with Gasteiger partial charge in [0.2, 0.25) is 15.9 Å². The van der Waals surface area contributed by atoms with Gasteiger partial charge in [0.1, 0.15) is 0 Å². The van der Waals surface area contributed by atoms with E-state index >= 15 is 0 Å². The summed E-state index contributed by atoms with van der Waals surface area (Å²) in [6, 6.07) is 4.36. The number of carbonyl (C=O) groups is 1.